The molecule has 0 aromatic carbocycles. The van der Waals surface area contributed by atoms with Crippen molar-refractivity contribution in [1.29, 1.82) is 0 Å². The van der Waals surface area contributed by atoms with Crippen LogP contribution in [0.2, 0.25) is 0 Å². The number of likely N-dealkylation sites (N-methyl/N-ethyl adjacent to an activating group) is 1. The van der Waals surface area contributed by atoms with Crippen molar-refractivity contribution in [2.45, 2.75) is 6.92 Å². The number of methoxy groups -OCH3 is 1. The molecule has 3 N–H and O–H groups in total. The molecule has 1 aromatic heterocycles. The van der Waals surface area contributed by atoms with E-state index in [1.54, 1.807) is 25.3 Å². The van der Waals surface area contributed by atoms with Gasteiger partial charge < -0.3 is 20.7 Å². The Kier molecular flexibility index (Phi) is 5.31. The van der Waals surface area contributed by atoms with Crippen molar-refractivity contribution >= 4 is 17.7 Å². The number of aryl methyl sites for hydroxylation is 1. The molecule has 7 nitrogen and oxygen atoms in total. The van der Waals surface area contributed by atoms with Crippen LogP contribution >= 0.6 is 0 Å². The van der Waals surface area contributed by atoms with E-state index in [4.69, 9.17) is 10.5 Å². The van der Waals surface area contributed by atoms with Gasteiger partial charge in [0.2, 0.25) is 11.9 Å². The second-order valence-electron chi connectivity index (χ2n) is 3.93. The Balaban J connectivity index is 2.56. The Hall–Kier alpha value is -1.89. The van der Waals surface area contributed by atoms with Crippen molar-refractivity contribution in [2.75, 3.05) is 44.5 Å². The Morgan fingerprint density at radius 2 is 2.33 bits per heavy atom. The summed E-state index contributed by atoms with van der Waals surface area (Å²) in [5.41, 5.74) is 6.40. The highest BCUT2D eigenvalue weighted by atomic mass is 16.5. The lowest BCUT2D eigenvalue weighted by atomic mass is 10.3. The van der Waals surface area contributed by atoms with Gasteiger partial charge >= 0.3 is 0 Å². The molecule has 0 saturated carbocycles. The molecule has 0 aliphatic heterocycles. The highest BCUT2D eigenvalue weighted by Crippen LogP contribution is 2.14. The molecule has 0 unspecified atom stereocenters. The van der Waals surface area contributed by atoms with E-state index in [0.717, 1.165) is 5.56 Å². The Morgan fingerprint density at radius 1 is 1.61 bits per heavy atom. The van der Waals surface area contributed by atoms with Gasteiger partial charge in [0.05, 0.1) is 13.2 Å². The minimum Gasteiger partial charge on any atom is -0.383 e. The fourth-order valence-electron chi connectivity index (χ4n) is 1.47. The second kappa shape index (κ2) is 6.75. The molecule has 0 fully saturated rings. The van der Waals surface area contributed by atoms with E-state index in [2.05, 4.69) is 15.3 Å². The van der Waals surface area contributed by atoms with Gasteiger partial charge in [0.25, 0.3) is 0 Å². The first-order valence-electron chi connectivity index (χ1n) is 5.60. The number of carbonyl (C=O) groups is 1. The van der Waals surface area contributed by atoms with Crippen LogP contribution in [-0.4, -0.2) is 49.7 Å². The van der Waals surface area contributed by atoms with Crippen LogP contribution in [0.15, 0.2) is 6.20 Å². The van der Waals surface area contributed by atoms with Crippen molar-refractivity contribution in [3.8, 4) is 0 Å². The maximum atomic E-state index is 11.6. The molecule has 1 heterocycles. The van der Waals surface area contributed by atoms with Crippen LogP contribution < -0.4 is 16.0 Å². The maximum Gasteiger partial charge on any atom is 0.239 e. The standard InChI is InChI=1S/C11H19N5O2/c1-8-6-14-11(12)15-10(8)16(2)7-9(17)13-4-5-18-3/h6H,4-5,7H2,1-3H3,(H,13,17)(H2,12,14,15). The number of ether oxygens (including phenoxy) is 1. The summed E-state index contributed by atoms with van der Waals surface area (Å²) in [4.78, 5) is 21.3. The Bertz CT molecular complexity index is 410. The highest BCUT2D eigenvalue weighted by Gasteiger charge is 2.11. The smallest absolute Gasteiger partial charge is 0.239 e. The first-order valence-corrected chi connectivity index (χ1v) is 5.60. The molecule has 7 heteroatoms. The summed E-state index contributed by atoms with van der Waals surface area (Å²) in [7, 11) is 3.37. The fourth-order valence-corrected chi connectivity index (χ4v) is 1.47. The topological polar surface area (TPSA) is 93.4 Å². The van der Waals surface area contributed by atoms with Crippen LogP contribution in [0, 0.1) is 6.92 Å². The van der Waals surface area contributed by atoms with Crippen molar-refractivity contribution in [3.63, 3.8) is 0 Å². The highest BCUT2D eigenvalue weighted by molar-refractivity contribution is 5.81. The first-order chi connectivity index (χ1) is 8.54. The van der Waals surface area contributed by atoms with Crippen molar-refractivity contribution in [2.24, 2.45) is 0 Å². The first kappa shape index (κ1) is 14.2. The van der Waals surface area contributed by atoms with Crippen molar-refractivity contribution in [1.82, 2.24) is 15.3 Å². The maximum absolute atomic E-state index is 11.6. The van der Waals surface area contributed by atoms with Crippen LogP contribution in [0.1, 0.15) is 5.56 Å². The zero-order chi connectivity index (χ0) is 13.5. The number of nitrogens with one attached hydrogen (secondary N) is 1. The van der Waals surface area contributed by atoms with Crippen LogP contribution in [0.4, 0.5) is 11.8 Å². The number of rotatable bonds is 6. The molecule has 1 amide bonds. The lowest BCUT2D eigenvalue weighted by Crippen LogP contribution is -2.37. The van der Waals surface area contributed by atoms with Gasteiger partial charge in [-0.25, -0.2) is 4.98 Å². The minimum absolute atomic E-state index is 0.0915. The lowest BCUT2D eigenvalue weighted by Gasteiger charge is -2.19. The predicted molar refractivity (Wildman–Crippen MR) is 69.3 cm³/mol. The average Bonchev–Trinajstić information content (AvgIpc) is 2.32. The van der Waals surface area contributed by atoms with Crippen LogP contribution in [-0.2, 0) is 9.53 Å². The SMILES string of the molecule is COCCNC(=O)CN(C)c1nc(N)ncc1C. The van der Waals surface area contributed by atoms with Gasteiger partial charge in [-0.3, -0.25) is 4.79 Å². The van der Waals surface area contributed by atoms with Crippen LogP contribution in [0.3, 0.4) is 0 Å². The van der Waals surface area contributed by atoms with Gasteiger partial charge in [-0.05, 0) is 6.92 Å². The summed E-state index contributed by atoms with van der Waals surface area (Å²) < 4.78 is 4.85. The Labute approximate surface area is 106 Å². The average molecular weight is 253 g/mol. The number of hydrogen-bond acceptors (Lipinski definition) is 6. The molecule has 1 rings (SSSR count). The van der Waals surface area contributed by atoms with Crippen molar-refractivity contribution in [3.05, 3.63) is 11.8 Å². The summed E-state index contributed by atoms with van der Waals surface area (Å²) in [5, 5.41) is 2.74. The molecule has 0 bridgehead atoms. The molecule has 0 spiro atoms. The van der Waals surface area contributed by atoms with Crippen LogP contribution in [0.25, 0.3) is 0 Å². The molecular weight excluding hydrogens is 234 g/mol. The van der Waals surface area contributed by atoms with Crippen LogP contribution in [0.5, 0.6) is 0 Å². The number of amides is 1. The van der Waals surface area contributed by atoms with Gasteiger partial charge in [0.1, 0.15) is 5.82 Å². The zero-order valence-electron chi connectivity index (χ0n) is 10.9. The molecule has 100 valence electrons. The molecule has 0 aliphatic rings. The van der Waals surface area contributed by atoms with Gasteiger partial charge in [0.15, 0.2) is 0 Å². The number of carbonyl (C=O) groups excluding carboxylic acids is 1. The van der Waals surface area contributed by atoms with E-state index >= 15 is 0 Å². The fraction of sp³-hybridized carbons (Fsp3) is 0.545. The molecular formula is C11H19N5O2. The largest absolute Gasteiger partial charge is 0.383 e. The van der Waals surface area contributed by atoms with E-state index in [1.165, 1.54) is 0 Å². The van der Waals surface area contributed by atoms with Gasteiger partial charge in [-0.15, -0.1) is 0 Å². The number of anilines is 2. The van der Waals surface area contributed by atoms with E-state index in [0.29, 0.717) is 19.0 Å². The molecule has 0 radical (unpaired) electrons. The third-order valence-electron chi connectivity index (χ3n) is 2.33. The van der Waals surface area contributed by atoms with E-state index in [-0.39, 0.29) is 18.4 Å². The summed E-state index contributed by atoms with van der Waals surface area (Å²) in [6, 6.07) is 0. The number of hydrogen-bond donors (Lipinski definition) is 2. The van der Waals surface area contributed by atoms with Gasteiger partial charge in [-0.1, -0.05) is 0 Å². The molecule has 0 aliphatic carbocycles. The normalized spacial score (nSPS) is 10.2. The van der Waals surface area contributed by atoms with E-state index in [9.17, 15) is 4.79 Å². The third-order valence-corrected chi connectivity index (χ3v) is 2.33. The Morgan fingerprint density at radius 3 is 3.00 bits per heavy atom. The third kappa shape index (κ3) is 4.17. The number of nitrogens with two attached hydrogens (primary N) is 1. The minimum atomic E-state index is -0.0915. The quantitative estimate of drug-likeness (QED) is 0.668. The number of nitrogen functional groups attached to an aromatic ring is 1. The van der Waals surface area contributed by atoms with E-state index in [1.807, 2.05) is 6.92 Å². The summed E-state index contributed by atoms with van der Waals surface area (Å²) in [6.45, 7) is 3.07. The summed E-state index contributed by atoms with van der Waals surface area (Å²) in [6.07, 6.45) is 1.64. The summed E-state index contributed by atoms with van der Waals surface area (Å²) in [5.74, 6) is 0.762. The lowest BCUT2D eigenvalue weighted by molar-refractivity contribution is -0.119. The zero-order valence-corrected chi connectivity index (χ0v) is 10.9. The predicted octanol–water partition coefficient (Wildman–Crippen LogP) is -0.434. The van der Waals surface area contributed by atoms with Gasteiger partial charge in [-0.2, -0.15) is 4.98 Å². The number of aromatic nitrogens is 2. The number of nitrogens with zero attached hydrogens (tertiary/aromatic N) is 3. The second-order valence-corrected chi connectivity index (χ2v) is 3.93. The molecule has 0 saturated heterocycles. The van der Waals surface area contributed by atoms with E-state index < -0.39 is 0 Å². The summed E-state index contributed by atoms with van der Waals surface area (Å²) >= 11 is 0. The molecule has 1 aromatic rings. The molecule has 0 atom stereocenters. The van der Waals surface area contributed by atoms with Crippen molar-refractivity contribution < 1.29 is 9.53 Å². The van der Waals surface area contributed by atoms with Gasteiger partial charge in [0, 0.05) is 32.5 Å². The molecule has 18 heavy (non-hydrogen) atoms. The monoisotopic (exact) mass is 253 g/mol.